The fourth-order valence-electron chi connectivity index (χ4n) is 2.25. The Morgan fingerprint density at radius 3 is 2.71 bits per heavy atom. The summed E-state index contributed by atoms with van der Waals surface area (Å²) < 4.78 is 2.08. The van der Waals surface area contributed by atoms with Gasteiger partial charge in [0.15, 0.2) is 5.82 Å². The maximum atomic E-state index is 4.64. The topological polar surface area (TPSA) is 59.7 Å². The van der Waals surface area contributed by atoms with Crippen molar-refractivity contribution < 1.29 is 0 Å². The molecule has 0 atom stereocenters. The Morgan fingerprint density at radius 2 is 2.05 bits per heavy atom. The van der Waals surface area contributed by atoms with E-state index in [0.717, 1.165) is 36.0 Å². The maximum absolute atomic E-state index is 4.64. The normalized spacial score (nSPS) is 11.1. The number of anilines is 1. The summed E-state index contributed by atoms with van der Waals surface area (Å²) in [5.41, 5.74) is 1.00. The van der Waals surface area contributed by atoms with Gasteiger partial charge < -0.3 is 9.47 Å². The van der Waals surface area contributed by atoms with E-state index in [1.165, 1.54) is 0 Å². The lowest BCUT2D eigenvalue weighted by Crippen LogP contribution is -2.22. The first kappa shape index (κ1) is 15.4. The van der Waals surface area contributed by atoms with Crippen LogP contribution in [0.25, 0.3) is 0 Å². The van der Waals surface area contributed by atoms with Gasteiger partial charge in [-0.3, -0.25) is 0 Å². The van der Waals surface area contributed by atoms with Gasteiger partial charge in [-0.25, -0.2) is 9.97 Å². The second-order valence-corrected chi connectivity index (χ2v) is 5.64. The lowest BCUT2D eigenvalue weighted by atomic mass is 10.3. The van der Waals surface area contributed by atoms with Gasteiger partial charge in [0.05, 0.1) is 6.54 Å². The summed E-state index contributed by atoms with van der Waals surface area (Å²) >= 11 is 0. The van der Waals surface area contributed by atoms with Crippen LogP contribution >= 0.6 is 0 Å². The molecule has 0 aliphatic rings. The predicted molar refractivity (Wildman–Crippen MR) is 83.3 cm³/mol. The van der Waals surface area contributed by atoms with E-state index in [9.17, 15) is 0 Å². The van der Waals surface area contributed by atoms with Crippen molar-refractivity contribution in [1.29, 1.82) is 0 Å². The first-order valence-corrected chi connectivity index (χ1v) is 7.45. The Hall–Kier alpha value is -1.98. The molecule has 6 nitrogen and oxygen atoms in total. The largest absolute Gasteiger partial charge is 0.352 e. The summed E-state index contributed by atoms with van der Waals surface area (Å²) in [6, 6.07) is 2.36. The van der Waals surface area contributed by atoms with Gasteiger partial charge in [0.2, 0.25) is 0 Å². The number of hydrogen-bond donors (Lipinski definition) is 0. The number of aromatic nitrogens is 5. The zero-order valence-corrected chi connectivity index (χ0v) is 13.5. The lowest BCUT2D eigenvalue weighted by Gasteiger charge is -2.20. The SMILES string of the molecule is CCCc1nc(C)cc(N(C)Cc2nncn2C(C)C)n1. The standard InChI is InChI=1S/C15H24N6/c1-6-7-13-17-12(4)8-14(18-13)20(5)9-15-19-16-10-21(15)11(2)3/h8,10-11H,6-7,9H2,1-5H3. The van der Waals surface area contributed by atoms with Crippen LogP contribution in [0.1, 0.15) is 50.6 Å². The zero-order valence-electron chi connectivity index (χ0n) is 13.5. The molecule has 0 aliphatic heterocycles. The summed E-state index contributed by atoms with van der Waals surface area (Å²) in [4.78, 5) is 11.2. The van der Waals surface area contributed by atoms with Gasteiger partial charge in [-0.05, 0) is 27.2 Å². The minimum absolute atomic E-state index is 0.353. The van der Waals surface area contributed by atoms with E-state index < -0.39 is 0 Å². The third-order valence-corrected chi connectivity index (χ3v) is 3.33. The third kappa shape index (κ3) is 3.77. The molecule has 0 aliphatic carbocycles. The monoisotopic (exact) mass is 288 g/mol. The Balaban J connectivity index is 2.19. The maximum Gasteiger partial charge on any atom is 0.152 e. The second-order valence-electron chi connectivity index (χ2n) is 5.64. The molecule has 0 bridgehead atoms. The first-order chi connectivity index (χ1) is 10.0. The fraction of sp³-hybridized carbons (Fsp3) is 0.600. The van der Waals surface area contributed by atoms with E-state index in [-0.39, 0.29) is 0 Å². The first-order valence-electron chi connectivity index (χ1n) is 7.45. The molecule has 0 spiro atoms. The molecule has 2 rings (SSSR count). The molecule has 114 valence electrons. The van der Waals surface area contributed by atoms with Crippen LogP contribution in [0.15, 0.2) is 12.4 Å². The highest BCUT2D eigenvalue weighted by molar-refractivity contribution is 5.38. The van der Waals surface area contributed by atoms with Crippen molar-refractivity contribution >= 4 is 5.82 Å². The van der Waals surface area contributed by atoms with Gasteiger partial charge >= 0.3 is 0 Å². The van der Waals surface area contributed by atoms with E-state index >= 15 is 0 Å². The average molecular weight is 288 g/mol. The molecular weight excluding hydrogens is 264 g/mol. The van der Waals surface area contributed by atoms with Crippen molar-refractivity contribution in [3.8, 4) is 0 Å². The van der Waals surface area contributed by atoms with E-state index in [1.807, 2.05) is 20.0 Å². The lowest BCUT2D eigenvalue weighted by molar-refractivity contribution is 0.564. The third-order valence-electron chi connectivity index (χ3n) is 3.33. The van der Waals surface area contributed by atoms with Crippen LogP contribution in [0.3, 0.4) is 0 Å². The van der Waals surface area contributed by atoms with Crippen molar-refractivity contribution in [3.05, 3.63) is 29.7 Å². The van der Waals surface area contributed by atoms with Crippen molar-refractivity contribution in [3.63, 3.8) is 0 Å². The molecule has 0 aromatic carbocycles. The number of rotatable bonds is 6. The van der Waals surface area contributed by atoms with Crippen molar-refractivity contribution in [2.75, 3.05) is 11.9 Å². The highest BCUT2D eigenvalue weighted by Gasteiger charge is 2.12. The molecule has 0 radical (unpaired) electrons. The molecule has 0 fully saturated rings. The van der Waals surface area contributed by atoms with E-state index in [1.54, 1.807) is 6.33 Å². The van der Waals surface area contributed by atoms with Crippen LogP contribution in [0.5, 0.6) is 0 Å². The summed E-state index contributed by atoms with van der Waals surface area (Å²) in [6.45, 7) is 9.08. The molecule has 2 aromatic rings. The molecule has 0 N–H and O–H groups in total. The predicted octanol–water partition coefficient (Wildman–Crippen LogP) is 2.55. The molecule has 0 unspecified atom stereocenters. The van der Waals surface area contributed by atoms with Crippen molar-refractivity contribution in [2.45, 2.75) is 53.1 Å². The highest BCUT2D eigenvalue weighted by Crippen LogP contribution is 2.15. The van der Waals surface area contributed by atoms with Gasteiger partial charge in [-0.2, -0.15) is 0 Å². The number of nitrogens with zero attached hydrogens (tertiary/aromatic N) is 6. The van der Waals surface area contributed by atoms with E-state index in [2.05, 4.69) is 50.4 Å². The molecule has 0 amide bonds. The number of hydrogen-bond acceptors (Lipinski definition) is 5. The summed E-state index contributed by atoms with van der Waals surface area (Å²) in [5.74, 6) is 2.79. The van der Waals surface area contributed by atoms with Crippen molar-refractivity contribution in [2.24, 2.45) is 0 Å². The zero-order chi connectivity index (χ0) is 15.4. The van der Waals surface area contributed by atoms with Crippen LogP contribution in [0.4, 0.5) is 5.82 Å². The van der Waals surface area contributed by atoms with Crippen LogP contribution in [-0.4, -0.2) is 31.8 Å². The molecule has 0 saturated heterocycles. The molecule has 0 saturated carbocycles. The van der Waals surface area contributed by atoms with Gasteiger partial charge in [0.1, 0.15) is 18.0 Å². The van der Waals surface area contributed by atoms with Gasteiger partial charge in [-0.15, -0.1) is 10.2 Å². The Morgan fingerprint density at radius 1 is 1.29 bits per heavy atom. The Kier molecular flexibility index (Phi) is 4.88. The molecule has 21 heavy (non-hydrogen) atoms. The molecular formula is C15H24N6. The minimum atomic E-state index is 0.353. The minimum Gasteiger partial charge on any atom is -0.352 e. The molecule has 2 aromatic heterocycles. The molecule has 2 heterocycles. The van der Waals surface area contributed by atoms with Crippen molar-refractivity contribution in [1.82, 2.24) is 24.7 Å². The summed E-state index contributed by atoms with van der Waals surface area (Å²) in [7, 11) is 2.02. The average Bonchev–Trinajstić information content (AvgIpc) is 2.86. The van der Waals surface area contributed by atoms with Crippen LogP contribution in [0.2, 0.25) is 0 Å². The highest BCUT2D eigenvalue weighted by atomic mass is 15.3. The molecule has 6 heteroatoms. The number of aryl methyl sites for hydroxylation is 2. The summed E-state index contributed by atoms with van der Waals surface area (Å²) in [6.07, 6.45) is 3.74. The second kappa shape index (κ2) is 6.65. The summed E-state index contributed by atoms with van der Waals surface area (Å²) in [5, 5.41) is 8.22. The van der Waals surface area contributed by atoms with Crippen LogP contribution in [-0.2, 0) is 13.0 Å². The Bertz CT molecular complexity index is 590. The van der Waals surface area contributed by atoms with Gasteiger partial charge in [0, 0.05) is 31.3 Å². The van der Waals surface area contributed by atoms with E-state index in [0.29, 0.717) is 12.6 Å². The Labute approximate surface area is 126 Å². The van der Waals surface area contributed by atoms with Crippen LogP contribution < -0.4 is 4.90 Å². The van der Waals surface area contributed by atoms with E-state index in [4.69, 9.17) is 0 Å². The van der Waals surface area contributed by atoms with Gasteiger partial charge in [-0.1, -0.05) is 6.92 Å². The van der Waals surface area contributed by atoms with Crippen LogP contribution in [0, 0.1) is 6.92 Å². The van der Waals surface area contributed by atoms with Gasteiger partial charge in [0.25, 0.3) is 0 Å². The fourth-order valence-corrected chi connectivity index (χ4v) is 2.25. The quantitative estimate of drug-likeness (QED) is 0.817. The smallest absolute Gasteiger partial charge is 0.152 e.